The second-order valence-corrected chi connectivity index (χ2v) is 2.42. The van der Waals surface area contributed by atoms with Crippen molar-refractivity contribution in [3.05, 3.63) is 27.2 Å². The molecular weight excluding hydrogens is 160 g/mol. The number of aromatic nitrogens is 4. The van der Waals surface area contributed by atoms with E-state index in [0.29, 0.717) is 5.65 Å². The summed E-state index contributed by atoms with van der Waals surface area (Å²) >= 11 is 0. The summed E-state index contributed by atoms with van der Waals surface area (Å²) in [6.45, 7) is 0. The number of hydrogen-bond acceptors (Lipinski definition) is 3. The molecule has 0 aromatic carbocycles. The first-order chi connectivity index (χ1) is 5.70. The zero-order valence-corrected chi connectivity index (χ0v) is 6.29. The van der Waals surface area contributed by atoms with Gasteiger partial charge in [0.1, 0.15) is 0 Å². The number of fused-ring (bicyclic) bond motifs is 1. The first-order valence-corrected chi connectivity index (χ1v) is 3.32. The molecule has 0 unspecified atom stereocenters. The van der Waals surface area contributed by atoms with Gasteiger partial charge in [-0.3, -0.25) is 14.3 Å². The Bertz CT molecular complexity index is 532. The molecule has 0 radical (unpaired) electrons. The van der Waals surface area contributed by atoms with Gasteiger partial charge in [-0.05, 0) is 0 Å². The van der Waals surface area contributed by atoms with Crippen molar-refractivity contribution in [2.45, 2.75) is 0 Å². The van der Waals surface area contributed by atoms with Crippen LogP contribution in [-0.4, -0.2) is 19.5 Å². The third-order valence-corrected chi connectivity index (χ3v) is 1.69. The van der Waals surface area contributed by atoms with E-state index in [1.54, 1.807) is 0 Å². The van der Waals surface area contributed by atoms with Gasteiger partial charge in [-0.1, -0.05) is 0 Å². The second kappa shape index (κ2) is 2.07. The monoisotopic (exact) mass is 166 g/mol. The molecule has 0 spiro atoms. The van der Waals surface area contributed by atoms with E-state index in [-0.39, 0.29) is 16.8 Å². The van der Waals surface area contributed by atoms with E-state index in [1.165, 1.54) is 17.9 Å². The number of aryl methyl sites for hydroxylation is 1. The van der Waals surface area contributed by atoms with Crippen LogP contribution in [0.4, 0.5) is 0 Å². The van der Waals surface area contributed by atoms with Crippen molar-refractivity contribution in [1.82, 2.24) is 19.5 Å². The Kier molecular flexibility index (Phi) is 1.18. The molecule has 62 valence electrons. The maximum Gasteiger partial charge on any atom is 0.327 e. The number of hydrogen-bond donors (Lipinski definition) is 2. The fraction of sp³-hybridized carbons (Fsp3) is 0.167. The quantitative estimate of drug-likeness (QED) is 0.523. The van der Waals surface area contributed by atoms with Crippen LogP contribution >= 0.6 is 0 Å². The Hall–Kier alpha value is -1.85. The lowest BCUT2D eigenvalue weighted by Crippen LogP contribution is -2.16. The summed E-state index contributed by atoms with van der Waals surface area (Å²) in [5.74, 6) is 0. The average molecular weight is 166 g/mol. The van der Waals surface area contributed by atoms with Gasteiger partial charge in [0, 0.05) is 7.05 Å². The van der Waals surface area contributed by atoms with E-state index in [1.807, 2.05) is 0 Å². The molecular formula is C6H6N4O2. The Balaban J connectivity index is 3.18. The number of H-pyrrole nitrogens is 2. The summed E-state index contributed by atoms with van der Waals surface area (Å²) in [6.07, 6.45) is 1.25. The molecule has 0 aliphatic carbocycles. The predicted molar refractivity (Wildman–Crippen MR) is 42.0 cm³/mol. The number of nitrogens with zero attached hydrogens (tertiary/aromatic N) is 2. The molecule has 0 atom stereocenters. The van der Waals surface area contributed by atoms with Crippen molar-refractivity contribution >= 4 is 11.2 Å². The predicted octanol–water partition coefficient (Wildman–Crippen LogP) is -1.05. The first-order valence-electron chi connectivity index (χ1n) is 3.32. The Labute approximate surface area is 65.9 Å². The number of nitrogens with one attached hydrogen (secondary N) is 2. The number of aromatic amines is 2. The lowest BCUT2D eigenvalue weighted by atomic mass is 10.5. The molecule has 2 aromatic heterocycles. The van der Waals surface area contributed by atoms with Crippen LogP contribution in [0.3, 0.4) is 0 Å². The van der Waals surface area contributed by atoms with Gasteiger partial charge in [-0.15, -0.1) is 0 Å². The van der Waals surface area contributed by atoms with E-state index >= 15 is 0 Å². The number of rotatable bonds is 0. The molecule has 0 aliphatic rings. The molecule has 0 amide bonds. The summed E-state index contributed by atoms with van der Waals surface area (Å²) in [5.41, 5.74) is -0.0798. The minimum absolute atomic E-state index is 0.266. The van der Waals surface area contributed by atoms with Crippen LogP contribution in [0.2, 0.25) is 0 Å². The Morgan fingerprint density at radius 1 is 1.50 bits per heavy atom. The summed E-state index contributed by atoms with van der Waals surface area (Å²) < 4.78 is 1.22. The molecule has 0 bridgehead atoms. The Morgan fingerprint density at radius 2 is 2.25 bits per heavy atom. The largest absolute Gasteiger partial charge is 0.327 e. The highest BCUT2D eigenvalue weighted by Crippen LogP contribution is 1.95. The van der Waals surface area contributed by atoms with Crippen molar-refractivity contribution in [2.24, 2.45) is 7.05 Å². The van der Waals surface area contributed by atoms with Crippen molar-refractivity contribution in [2.75, 3.05) is 0 Å². The van der Waals surface area contributed by atoms with E-state index in [4.69, 9.17) is 0 Å². The molecule has 2 rings (SSSR count). The van der Waals surface area contributed by atoms with Gasteiger partial charge >= 0.3 is 5.69 Å². The fourth-order valence-corrected chi connectivity index (χ4v) is 1.08. The van der Waals surface area contributed by atoms with E-state index in [0.717, 1.165) is 0 Å². The molecule has 0 fully saturated rings. The minimum Gasteiger partial charge on any atom is -0.311 e. The van der Waals surface area contributed by atoms with E-state index in [2.05, 4.69) is 15.0 Å². The SMILES string of the molecule is Cn1c(=O)[nH]c2nc[nH]c(=O)c21. The van der Waals surface area contributed by atoms with Gasteiger partial charge in [-0.25, -0.2) is 9.78 Å². The van der Waals surface area contributed by atoms with Crippen LogP contribution in [0.25, 0.3) is 11.2 Å². The maximum absolute atomic E-state index is 11.1. The average Bonchev–Trinajstić information content (AvgIpc) is 2.29. The molecule has 2 heterocycles. The third kappa shape index (κ3) is 0.714. The molecule has 6 nitrogen and oxygen atoms in total. The van der Waals surface area contributed by atoms with Crippen molar-refractivity contribution in [1.29, 1.82) is 0 Å². The summed E-state index contributed by atoms with van der Waals surface area (Å²) in [5, 5.41) is 0. The fourth-order valence-electron chi connectivity index (χ4n) is 1.08. The zero-order valence-electron chi connectivity index (χ0n) is 6.29. The van der Waals surface area contributed by atoms with Crippen LogP contribution in [-0.2, 0) is 7.05 Å². The van der Waals surface area contributed by atoms with Crippen LogP contribution in [0, 0.1) is 0 Å². The van der Waals surface area contributed by atoms with Gasteiger partial charge < -0.3 is 4.98 Å². The van der Waals surface area contributed by atoms with Crippen molar-refractivity contribution in [3.8, 4) is 0 Å². The van der Waals surface area contributed by atoms with Crippen LogP contribution in [0.1, 0.15) is 0 Å². The Morgan fingerprint density at radius 3 is 2.92 bits per heavy atom. The zero-order chi connectivity index (χ0) is 8.72. The molecule has 12 heavy (non-hydrogen) atoms. The lowest BCUT2D eigenvalue weighted by molar-refractivity contribution is 0.885. The molecule has 0 saturated carbocycles. The highest BCUT2D eigenvalue weighted by molar-refractivity contribution is 5.68. The summed E-state index contributed by atoms with van der Waals surface area (Å²) in [4.78, 5) is 30.8. The van der Waals surface area contributed by atoms with Gasteiger partial charge in [0.05, 0.1) is 6.33 Å². The van der Waals surface area contributed by atoms with Gasteiger partial charge in [-0.2, -0.15) is 0 Å². The van der Waals surface area contributed by atoms with E-state index < -0.39 is 0 Å². The minimum atomic E-state index is -0.339. The summed E-state index contributed by atoms with van der Waals surface area (Å²) in [7, 11) is 1.51. The topological polar surface area (TPSA) is 83.5 Å². The molecule has 0 saturated heterocycles. The standard InChI is InChI=1S/C6H6N4O2/c1-10-3-4(9-6(10)12)7-2-8-5(3)11/h2H,1H3,(H2,7,8,9,11,12). The number of imidazole rings is 1. The van der Waals surface area contributed by atoms with Crippen LogP contribution < -0.4 is 11.2 Å². The van der Waals surface area contributed by atoms with E-state index in [9.17, 15) is 9.59 Å². The molecule has 0 aliphatic heterocycles. The normalized spacial score (nSPS) is 10.8. The first kappa shape index (κ1) is 6.84. The van der Waals surface area contributed by atoms with Crippen molar-refractivity contribution < 1.29 is 0 Å². The second-order valence-electron chi connectivity index (χ2n) is 2.42. The van der Waals surface area contributed by atoms with Gasteiger partial charge in [0.15, 0.2) is 11.2 Å². The molecule has 2 aromatic rings. The van der Waals surface area contributed by atoms with Gasteiger partial charge in [0.25, 0.3) is 5.56 Å². The maximum atomic E-state index is 11.1. The van der Waals surface area contributed by atoms with Crippen molar-refractivity contribution in [3.63, 3.8) is 0 Å². The smallest absolute Gasteiger partial charge is 0.311 e. The van der Waals surface area contributed by atoms with Crippen LogP contribution in [0.15, 0.2) is 15.9 Å². The summed E-state index contributed by atoms with van der Waals surface area (Å²) in [6, 6.07) is 0. The van der Waals surface area contributed by atoms with Gasteiger partial charge in [0.2, 0.25) is 0 Å². The molecule has 6 heteroatoms. The van der Waals surface area contributed by atoms with Crippen LogP contribution in [0.5, 0.6) is 0 Å². The lowest BCUT2D eigenvalue weighted by Gasteiger charge is -1.88. The third-order valence-electron chi connectivity index (χ3n) is 1.69. The highest BCUT2D eigenvalue weighted by Gasteiger charge is 2.06. The highest BCUT2D eigenvalue weighted by atomic mass is 16.1. The molecule has 2 N–H and O–H groups in total.